The molecule has 0 spiro atoms. The van der Waals surface area contributed by atoms with E-state index in [0.29, 0.717) is 18.3 Å². The molecule has 0 aliphatic rings. The number of halogens is 1. The van der Waals surface area contributed by atoms with Crippen LogP contribution in [0, 0.1) is 0 Å². The van der Waals surface area contributed by atoms with Gasteiger partial charge in [0.25, 0.3) is 0 Å². The number of rotatable bonds is 5. The third-order valence-corrected chi connectivity index (χ3v) is 3.63. The zero-order chi connectivity index (χ0) is 15.4. The van der Waals surface area contributed by atoms with Gasteiger partial charge in [-0.1, -0.05) is 12.1 Å². The maximum Gasteiger partial charge on any atom is 0.248 e. The quantitative estimate of drug-likeness (QED) is 0.891. The van der Waals surface area contributed by atoms with Crippen LogP contribution in [0.15, 0.2) is 33.2 Å². The van der Waals surface area contributed by atoms with E-state index < -0.39 is 0 Å². The highest BCUT2D eigenvalue weighted by atomic mass is 79.9. The standard InChI is InChI=1S/C14H17BrN4O2/c1-9(14(20)19(2)3)16-8-12-17-18-13(21-12)10-6-4-5-7-11(10)15/h4-7,9,16H,8H2,1-3H3. The van der Waals surface area contributed by atoms with Crippen LogP contribution in [-0.4, -0.2) is 41.1 Å². The van der Waals surface area contributed by atoms with Gasteiger partial charge in [-0.3, -0.25) is 10.1 Å². The van der Waals surface area contributed by atoms with Gasteiger partial charge in [-0.2, -0.15) is 0 Å². The molecule has 2 rings (SSSR count). The molecule has 1 N–H and O–H groups in total. The van der Waals surface area contributed by atoms with E-state index in [1.54, 1.807) is 21.0 Å². The van der Waals surface area contributed by atoms with E-state index in [1.807, 2.05) is 24.3 Å². The molecule has 0 saturated heterocycles. The van der Waals surface area contributed by atoms with Crippen LogP contribution in [0.25, 0.3) is 11.5 Å². The van der Waals surface area contributed by atoms with Gasteiger partial charge in [-0.15, -0.1) is 10.2 Å². The molecule has 1 amide bonds. The van der Waals surface area contributed by atoms with E-state index in [4.69, 9.17) is 4.42 Å². The number of nitrogens with zero attached hydrogens (tertiary/aromatic N) is 3. The Morgan fingerprint density at radius 2 is 2.10 bits per heavy atom. The number of nitrogens with one attached hydrogen (secondary N) is 1. The third kappa shape index (κ3) is 3.89. The lowest BCUT2D eigenvalue weighted by molar-refractivity contribution is -0.130. The zero-order valence-corrected chi connectivity index (χ0v) is 13.7. The predicted octanol–water partition coefficient (Wildman–Crippen LogP) is 2.07. The lowest BCUT2D eigenvalue weighted by atomic mass is 10.2. The van der Waals surface area contributed by atoms with E-state index in [1.165, 1.54) is 4.90 Å². The second-order valence-corrected chi connectivity index (χ2v) is 5.67. The summed E-state index contributed by atoms with van der Waals surface area (Å²) in [5, 5.41) is 11.1. The lowest BCUT2D eigenvalue weighted by Crippen LogP contribution is -2.41. The molecule has 0 bridgehead atoms. The highest BCUT2D eigenvalue weighted by Crippen LogP contribution is 2.26. The van der Waals surface area contributed by atoms with Crippen molar-refractivity contribution in [1.29, 1.82) is 0 Å². The molecule has 0 radical (unpaired) electrons. The SMILES string of the molecule is CC(NCc1nnc(-c2ccccc2Br)o1)C(=O)N(C)C. The lowest BCUT2D eigenvalue weighted by Gasteiger charge is -2.16. The molecule has 0 saturated carbocycles. The van der Waals surface area contributed by atoms with E-state index in [0.717, 1.165) is 10.0 Å². The van der Waals surface area contributed by atoms with Gasteiger partial charge in [0.15, 0.2) is 0 Å². The minimum atomic E-state index is -0.307. The van der Waals surface area contributed by atoms with Gasteiger partial charge in [-0.05, 0) is 35.0 Å². The van der Waals surface area contributed by atoms with Crippen molar-refractivity contribution in [2.45, 2.75) is 19.5 Å². The molecule has 0 aliphatic heterocycles. The van der Waals surface area contributed by atoms with Gasteiger partial charge < -0.3 is 9.32 Å². The van der Waals surface area contributed by atoms with Crippen molar-refractivity contribution in [3.8, 4) is 11.5 Å². The number of hydrogen-bond donors (Lipinski definition) is 1. The van der Waals surface area contributed by atoms with Crippen LogP contribution < -0.4 is 5.32 Å². The van der Waals surface area contributed by atoms with Crippen molar-refractivity contribution in [3.05, 3.63) is 34.6 Å². The smallest absolute Gasteiger partial charge is 0.248 e. The first-order chi connectivity index (χ1) is 9.99. The van der Waals surface area contributed by atoms with Crippen molar-refractivity contribution in [1.82, 2.24) is 20.4 Å². The second kappa shape index (κ2) is 6.82. The summed E-state index contributed by atoms with van der Waals surface area (Å²) in [6.07, 6.45) is 0. The number of likely N-dealkylation sites (N-methyl/N-ethyl adjacent to an activating group) is 1. The van der Waals surface area contributed by atoms with Crippen LogP contribution in [0.1, 0.15) is 12.8 Å². The Morgan fingerprint density at radius 1 is 1.38 bits per heavy atom. The highest BCUT2D eigenvalue weighted by molar-refractivity contribution is 9.10. The molecule has 1 unspecified atom stereocenters. The summed E-state index contributed by atoms with van der Waals surface area (Å²) in [7, 11) is 3.44. The van der Waals surface area contributed by atoms with E-state index in [9.17, 15) is 4.79 Å². The average Bonchev–Trinajstić information content (AvgIpc) is 2.93. The number of carbonyl (C=O) groups excluding carboxylic acids is 1. The molecule has 7 heteroatoms. The summed E-state index contributed by atoms with van der Waals surface area (Å²) in [6.45, 7) is 2.14. The Bertz CT molecular complexity index is 627. The van der Waals surface area contributed by atoms with Crippen molar-refractivity contribution in [2.75, 3.05) is 14.1 Å². The minimum absolute atomic E-state index is 0.000502. The fraction of sp³-hybridized carbons (Fsp3) is 0.357. The Labute approximate surface area is 131 Å². The largest absolute Gasteiger partial charge is 0.419 e. The summed E-state index contributed by atoms with van der Waals surface area (Å²) in [5.41, 5.74) is 0.841. The molecular weight excluding hydrogens is 336 g/mol. The first-order valence-electron chi connectivity index (χ1n) is 6.51. The van der Waals surface area contributed by atoms with Gasteiger partial charge in [0.05, 0.1) is 18.2 Å². The molecule has 21 heavy (non-hydrogen) atoms. The Kier molecular flexibility index (Phi) is 5.08. The fourth-order valence-electron chi connectivity index (χ4n) is 1.78. The maximum absolute atomic E-state index is 11.7. The van der Waals surface area contributed by atoms with Crippen LogP contribution in [0.5, 0.6) is 0 Å². The normalized spacial score (nSPS) is 12.2. The van der Waals surface area contributed by atoms with Crippen molar-refractivity contribution >= 4 is 21.8 Å². The molecular formula is C14H17BrN4O2. The predicted molar refractivity (Wildman–Crippen MR) is 82.4 cm³/mol. The molecule has 1 heterocycles. The fourth-order valence-corrected chi connectivity index (χ4v) is 2.24. The summed E-state index contributed by atoms with van der Waals surface area (Å²) >= 11 is 3.45. The van der Waals surface area contributed by atoms with Crippen LogP contribution in [0.4, 0.5) is 0 Å². The molecule has 0 fully saturated rings. The van der Waals surface area contributed by atoms with Gasteiger partial charge >= 0.3 is 0 Å². The number of hydrogen-bond acceptors (Lipinski definition) is 5. The van der Waals surface area contributed by atoms with E-state index in [2.05, 4.69) is 31.4 Å². The molecule has 0 aliphatic carbocycles. The van der Waals surface area contributed by atoms with Crippen LogP contribution >= 0.6 is 15.9 Å². The Balaban J connectivity index is 2.01. The molecule has 1 atom stereocenters. The first kappa shape index (κ1) is 15.7. The van der Waals surface area contributed by atoms with Gasteiger partial charge in [0, 0.05) is 18.6 Å². The van der Waals surface area contributed by atoms with Crippen LogP contribution in [0.3, 0.4) is 0 Å². The number of carbonyl (C=O) groups is 1. The summed E-state index contributed by atoms with van der Waals surface area (Å²) in [4.78, 5) is 13.3. The summed E-state index contributed by atoms with van der Waals surface area (Å²) < 4.78 is 6.49. The topological polar surface area (TPSA) is 71.3 Å². The number of amides is 1. The second-order valence-electron chi connectivity index (χ2n) is 4.82. The van der Waals surface area contributed by atoms with Gasteiger partial charge in [0.2, 0.25) is 17.7 Å². The van der Waals surface area contributed by atoms with Crippen LogP contribution in [-0.2, 0) is 11.3 Å². The third-order valence-electron chi connectivity index (χ3n) is 2.94. The maximum atomic E-state index is 11.7. The Morgan fingerprint density at radius 3 is 2.76 bits per heavy atom. The summed E-state index contributed by atoms with van der Waals surface area (Å²) in [5.74, 6) is 0.894. The Hall–Kier alpha value is -1.73. The highest BCUT2D eigenvalue weighted by Gasteiger charge is 2.16. The van der Waals surface area contributed by atoms with Gasteiger partial charge in [-0.25, -0.2) is 0 Å². The van der Waals surface area contributed by atoms with Gasteiger partial charge in [0.1, 0.15) is 0 Å². The number of aromatic nitrogens is 2. The van der Waals surface area contributed by atoms with Crippen molar-refractivity contribution in [2.24, 2.45) is 0 Å². The van der Waals surface area contributed by atoms with Crippen molar-refractivity contribution < 1.29 is 9.21 Å². The average molecular weight is 353 g/mol. The van der Waals surface area contributed by atoms with Crippen molar-refractivity contribution in [3.63, 3.8) is 0 Å². The molecule has 6 nitrogen and oxygen atoms in total. The van der Waals surface area contributed by atoms with Crippen LogP contribution in [0.2, 0.25) is 0 Å². The minimum Gasteiger partial charge on any atom is -0.419 e. The molecule has 112 valence electrons. The summed E-state index contributed by atoms with van der Waals surface area (Å²) in [6, 6.07) is 7.32. The molecule has 2 aromatic rings. The number of benzene rings is 1. The zero-order valence-electron chi connectivity index (χ0n) is 12.1. The van der Waals surface area contributed by atoms with E-state index >= 15 is 0 Å². The monoisotopic (exact) mass is 352 g/mol. The molecule has 1 aromatic carbocycles. The molecule has 1 aromatic heterocycles. The first-order valence-corrected chi connectivity index (χ1v) is 7.30. The van der Waals surface area contributed by atoms with E-state index in [-0.39, 0.29) is 11.9 Å².